The third-order valence-corrected chi connectivity index (χ3v) is 2.28. The van der Waals surface area contributed by atoms with E-state index in [1.54, 1.807) is 0 Å². The van der Waals surface area contributed by atoms with Gasteiger partial charge in [-0.2, -0.15) is 0 Å². The van der Waals surface area contributed by atoms with Gasteiger partial charge in [0.1, 0.15) is 6.61 Å². The standard InChI is InChI=1S/C12H21N3O5/c16-4-7-18-5-1-2-13-10-14-3-6-19-12-8-11(9-17)20-15-12/h8-9,13-14,16H,1-7,10H2. The third-order valence-electron chi connectivity index (χ3n) is 2.28. The molecule has 1 aromatic heterocycles. The Kier molecular flexibility index (Phi) is 9.41. The van der Waals surface area contributed by atoms with Crippen LogP contribution in [-0.2, 0) is 4.74 Å². The van der Waals surface area contributed by atoms with Crippen LogP contribution in [0, 0.1) is 0 Å². The predicted molar refractivity (Wildman–Crippen MR) is 70.8 cm³/mol. The van der Waals surface area contributed by atoms with E-state index in [0.717, 1.165) is 13.0 Å². The first-order valence-electron chi connectivity index (χ1n) is 6.51. The van der Waals surface area contributed by atoms with E-state index in [2.05, 4.69) is 20.3 Å². The normalized spacial score (nSPS) is 10.7. The summed E-state index contributed by atoms with van der Waals surface area (Å²) in [6.45, 7) is 3.69. The lowest BCUT2D eigenvalue weighted by molar-refractivity contribution is 0.0907. The molecule has 1 rings (SSSR count). The number of aldehydes is 1. The first-order valence-corrected chi connectivity index (χ1v) is 6.51. The first kappa shape index (κ1) is 16.6. The van der Waals surface area contributed by atoms with Gasteiger partial charge in [0.25, 0.3) is 5.88 Å². The average Bonchev–Trinajstić information content (AvgIpc) is 2.93. The molecule has 1 heterocycles. The lowest BCUT2D eigenvalue weighted by Crippen LogP contribution is -2.32. The van der Waals surface area contributed by atoms with Crippen LogP contribution < -0.4 is 15.4 Å². The van der Waals surface area contributed by atoms with Crippen LogP contribution in [0.15, 0.2) is 10.6 Å². The van der Waals surface area contributed by atoms with Crippen LogP contribution in [0.1, 0.15) is 17.0 Å². The summed E-state index contributed by atoms with van der Waals surface area (Å²) in [4.78, 5) is 10.3. The van der Waals surface area contributed by atoms with E-state index < -0.39 is 0 Å². The summed E-state index contributed by atoms with van der Waals surface area (Å²) in [5, 5.41) is 18.4. The molecule has 8 nitrogen and oxygen atoms in total. The molecule has 3 N–H and O–H groups in total. The van der Waals surface area contributed by atoms with Gasteiger partial charge in [-0.05, 0) is 18.1 Å². The molecule has 0 bridgehead atoms. The van der Waals surface area contributed by atoms with Crippen molar-refractivity contribution in [3.8, 4) is 5.88 Å². The molecule has 0 aliphatic rings. The van der Waals surface area contributed by atoms with Crippen LogP contribution in [0.3, 0.4) is 0 Å². The number of ether oxygens (including phenoxy) is 2. The minimum atomic E-state index is 0.0643. The highest BCUT2D eigenvalue weighted by molar-refractivity contribution is 5.70. The number of hydrogen-bond acceptors (Lipinski definition) is 8. The second kappa shape index (κ2) is 11.4. The zero-order chi connectivity index (χ0) is 14.5. The van der Waals surface area contributed by atoms with Crippen LogP contribution in [0.4, 0.5) is 0 Å². The quantitative estimate of drug-likeness (QED) is 0.251. The number of aliphatic hydroxyl groups is 1. The maximum absolute atomic E-state index is 10.3. The van der Waals surface area contributed by atoms with E-state index in [1.165, 1.54) is 6.07 Å². The lowest BCUT2D eigenvalue weighted by atomic mass is 10.4. The fourth-order valence-corrected chi connectivity index (χ4v) is 1.35. The lowest BCUT2D eigenvalue weighted by Gasteiger charge is -2.07. The highest BCUT2D eigenvalue weighted by Crippen LogP contribution is 2.08. The third kappa shape index (κ3) is 7.85. The molecule has 1 aromatic rings. The predicted octanol–water partition coefficient (Wildman–Crippen LogP) is -0.598. The van der Waals surface area contributed by atoms with Crippen molar-refractivity contribution in [1.82, 2.24) is 15.8 Å². The van der Waals surface area contributed by atoms with Gasteiger partial charge in [-0.15, -0.1) is 0 Å². The molecule has 0 amide bonds. The number of rotatable bonds is 13. The van der Waals surface area contributed by atoms with Crippen molar-refractivity contribution in [1.29, 1.82) is 0 Å². The minimum Gasteiger partial charge on any atom is -0.474 e. The Morgan fingerprint density at radius 3 is 2.90 bits per heavy atom. The molecule has 0 aliphatic carbocycles. The van der Waals surface area contributed by atoms with Gasteiger partial charge in [0.2, 0.25) is 5.76 Å². The summed E-state index contributed by atoms with van der Waals surface area (Å²) in [6, 6.07) is 1.44. The van der Waals surface area contributed by atoms with Crippen molar-refractivity contribution in [2.75, 3.05) is 46.2 Å². The van der Waals surface area contributed by atoms with Crippen LogP contribution in [0.2, 0.25) is 0 Å². The molecule has 0 unspecified atom stereocenters. The highest BCUT2D eigenvalue weighted by Gasteiger charge is 2.02. The molecular weight excluding hydrogens is 266 g/mol. The summed E-state index contributed by atoms with van der Waals surface area (Å²) >= 11 is 0. The number of hydrogen-bond donors (Lipinski definition) is 3. The van der Waals surface area contributed by atoms with Crippen molar-refractivity contribution in [2.24, 2.45) is 0 Å². The van der Waals surface area contributed by atoms with Crippen molar-refractivity contribution in [3.63, 3.8) is 0 Å². The SMILES string of the molecule is O=Cc1cc(OCCNCNCCCOCCO)no1. The van der Waals surface area contributed by atoms with E-state index in [9.17, 15) is 4.79 Å². The van der Waals surface area contributed by atoms with Crippen molar-refractivity contribution in [3.05, 3.63) is 11.8 Å². The average molecular weight is 287 g/mol. The van der Waals surface area contributed by atoms with Crippen molar-refractivity contribution >= 4 is 6.29 Å². The summed E-state index contributed by atoms with van der Waals surface area (Å²) < 4.78 is 15.0. The molecule has 114 valence electrons. The topological polar surface area (TPSA) is 106 Å². The smallest absolute Gasteiger partial charge is 0.254 e. The van der Waals surface area contributed by atoms with E-state index in [-0.39, 0.29) is 12.4 Å². The van der Waals surface area contributed by atoms with E-state index in [4.69, 9.17) is 14.6 Å². The Morgan fingerprint density at radius 1 is 1.30 bits per heavy atom. The van der Waals surface area contributed by atoms with Gasteiger partial charge in [-0.25, -0.2) is 0 Å². The maximum atomic E-state index is 10.3. The minimum absolute atomic E-state index is 0.0643. The Morgan fingerprint density at radius 2 is 2.15 bits per heavy atom. The van der Waals surface area contributed by atoms with Crippen molar-refractivity contribution in [2.45, 2.75) is 6.42 Å². The molecule has 0 aliphatic heterocycles. The zero-order valence-corrected chi connectivity index (χ0v) is 11.3. The molecule has 0 saturated carbocycles. The summed E-state index contributed by atoms with van der Waals surface area (Å²) in [5.74, 6) is 0.459. The first-order chi connectivity index (χ1) is 9.86. The Balaban J connectivity index is 1.84. The Labute approximate surface area is 117 Å². The molecular formula is C12H21N3O5. The van der Waals surface area contributed by atoms with Gasteiger partial charge in [0, 0.05) is 19.8 Å². The fourth-order valence-electron chi connectivity index (χ4n) is 1.35. The zero-order valence-electron chi connectivity index (χ0n) is 11.3. The number of aromatic nitrogens is 1. The van der Waals surface area contributed by atoms with Gasteiger partial charge in [0.05, 0.1) is 19.3 Å². The molecule has 0 saturated heterocycles. The molecule has 0 radical (unpaired) electrons. The summed E-state index contributed by atoms with van der Waals surface area (Å²) in [6.07, 6.45) is 1.47. The molecule has 0 spiro atoms. The van der Waals surface area contributed by atoms with Gasteiger partial charge in [-0.1, -0.05) is 0 Å². The number of carbonyl (C=O) groups excluding carboxylic acids is 1. The van der Waals surface area contributed by atoms with E-state index in [1.807, 2.05) is 0 Å². The monoisotopic (exact) mass is 287 g/mol. The highest BCUT2D eigenvalue weighted by atomic mass is 16.5. The number of aliphatic hydroxyl groups excluding tert-OH is 1. The molecule has 0 aromatic carbocycles. The van der Waals surface area contributed by atoms with E-state index in [0.29, 0.717) is 45.2 Å². The van der Waals surface area contributed by atoms with Crippen molar-refractivity contribution < 1.29 is 23.9 Å². The number of carbonyl (C=O) groups is 1. The van der Waals surface area contributed by atoms with E-state index >= 15 is 0 Å². The second-order valence-electron chi connectivity index (χ2n) is 3.90. The van der Waals surface area contributed by atoms with Gasteiger partial charge in [-0.3, -0.25) is 4.79 Å². The van der Waals surface area contributed by atoms with Crippen LogP contribution in [-0.4, -0.2) is 62.7 Å². The Bertz CT molecular complexity index is 359. The molecule has 20 heavy (non-hydrogen) atoms. The molecule has 0 fully saturated rings. The van der Waals surface area contributed by atoms with Gasteiger partial charge >= 0.3 is 0 Å². The number of nitrogens with zero attached hydrogens (tertiary/aromatic N) is 1. The largest absolute Gasteiger partial charge is 0.474 e. The van der Waals surface area contributed by atoms with Gasteiger partial charge < -0.3 is 29.7 Å². The van der Waals surface area contributed by atoms with Gasteiger partial charge in [0.15, 0.2) is 6.29 Å². The fraction of sp³-hybridized carbons (Fsp3) is 0.667. The summed E-state index contributed by atoms with van der Waals surface area (Å²) in [7, 11) is 0. The van der Waals surface area contributed by atoms with Crippen LogP contribution in [0.25, 0.3) is 0 Å². The second-order valence-corrected chi connectivity index (χ2v) is 3.90. The Hall–Kier alpha value is -1.48. The molecule has 0 atom stereocenters. The maximum Gasteiger partial charge on any atom is 0.254 e. The number of nitrogens with one attached hydrogen (secondary N) is 2. The molecule has 8 heteroatoms. The van der Waals surface area contributed by atoms with Crippen LogP contribution >= 0.6 is 0 Å². The van der Waals surface area contributed by atoms with Crippen LogP contribution in [0.5, 0.6) is 5.88 Å². The summed E-state index contributed by atoms with van der Waals surface area (Å²) in [5.41, 5.74) is 0.